The Kier molecular flexibility index (Phi) is 4.23. The van der Waals surface area contributed by atoms with Gasteiger partial charge >= 0.3 is 0 Å². The highest BCUT2D eigenvalue weighted by molar-refractivity contribution is 5.86. The van der Waals surface area contributed by atoms with Gasteiger partial charge in [0.2, 0.25) is 5.91 Å². The van der Waals surface area contributed by atoms with Crippen molar-refractivity contribution in [2.75, 3.05) is 5.32 Å². The molecule has 1 aliphatic carbocycles. The minimum absolute atomic E-state index is 0.136. The average molecular weight is 320 g/mol. The monoisotopic (exact) mass is 320 g/mol. The number of nitrogens with one attached hydrogen (secondary N) is 2. The third-order valence-corrected chi connectivity index (χ3v) is 3.56. The number of carbonyl (C=O) groups excluding carboxylic acids is 1. The maximum absolute atomic E-state index is 13.3. The van der Waals surface area contributed by atoms with E-state index in [2.05, 4.69) is 10.6 Å². The Hall–Kier alpha value is -2.50. The molecule has 0 aromatic heterocycles. The molecule has 1 fully saturated rings. The maximum atomic E-state index is 13.3. The van der Waals surface area contributed by atoms with Crippen molar-refractivity contribution in [3.8, 4) is 0 Å². The van der Waals surface area contributed by atoms with E-state index in [1.54, 1.807) is 0 Å². The Bertz CT molecular complexity index is 694. The van der Waals surface area contributed by atoms with Crippen LogP contribution in [-0.2, 0) is 4.79 Å². The zero-order valence-corrected chi connectivity index (χ0v) is 12.2. The normalized spacial score (nSPS) is 15.1. The number of rotatable bonds is 5. The van der Waals surface area contributed by atoms with E-state index in [9.17, 15) is 18.0 Å². The lowest BCUT2D eigenvalue weighted by atomic mass is 10.1. The van der Waals surface area contributed by atoms with E-state index >= 15 is 0 Å². The van der Waals surface area contributed by atoms with Gasteiger partial charge in [0.25, 0.3) is 0 Å². The lowest BCUT2D eigenvalue weighted by molar-refractivity contribution is -0.122. The van der Waals surface area contributed by atoms with Crippen LogP contribution in [0.2, 0.25) is 0 Å². The summed E-state index contributed by atoms with van der Waals surface area (Å²) in [5.74, 6) is -2.23. The molecule has 2 N–H and O–H groups in total. The van der Waals surface area contributed by atoms with E-state index in [1.807, 2.05) is 0 Å². The van der Waals surface area contributed by atoms with Crippen LogP contribution in [0.4, 0.5) is 18.9 Å². The van der Waals surface area contributed by atoms with E-state index in [4.69, 9.17) is 0 Å². The van der Waals surface area contributed by atoms with Gasteiger partial charge < -0.3 is 10.6 Å². The van der Waals surface area contributed by atoms with Crippen LogP contribution in [0.5, 0.6) is 0 Å². The third-order valence-electron chi connectivity index (χ3n) is 3.56. The highest BCUT2D eigenvalue weighted by atomic mass is 19.1. The largest absolute Gasteiger partial charge is 0.370 e. The van der Waals surface area contributed by atoms with Crippen molar-refractivity contribution in [1.29, 1.82) is 0 Å². The van der Waals surface area contributed by atoms with E-state index in [0.29, 0.717) is 5.56 Å². The van der Waals surface area contributed by atoms with Crippen LogP contribution in [0.1, 0.15) is 24.4 Å². The summed E-state index contributed by atoms with van der Waals surface area (Å²) in [5, 5.41) is 5.65. The van der Waals surface area contributed by atoms with Gasteiger partial charge in [-0.1, -0.05) is 12.1 Å². The van der Waals surface area contributed by atoms with Gasteiger partial charge in [-0.25, -0.2) is 13.2 Å². The van der Waals surface area contributed by atoms with Crippen molar-refractivity contribution in [2.45, 2.75) is 24.9 Å². The van der Waals surface area contributed by atoms with E-state index in [1.165, 1.54) is 24.3 Å². The van der Waals surface area contributed by atoms with Gasteiger partial charge in [-0.15, -0.1) is 0 Å². The van der Waals surface area contributed by atoms with E-state index in [-0.39, 0.29) is 17.6 Å². The molecule has 1 amide bonds. The quantitative estimate of drug-likeness (QED) is 0.885. The lowest BCUT2D eigenvalue weighted by Gasteiger charge is -2.20. The summed E-state index contributed by atoms with van der Waals surface area (Å²) < 4.78 is 39.7. The molecule has 0 bridgehead atoms. The summed E-state index contributed by atoms with van der Waals surface area (Å²) >= 11 is 0. The Morgan fingerprint density at radius 3 is 2.13 bits per heavy atom. The molecule has 0 radical (unpaired) electrons. The molecule has 1 atom stereocenters. The molecule has 0 unspecified atom stereocenters. The number of hydrogen-bond donors (Lipinski definition) is 2. The van der Waals surface area contributed by atoms with Gasteiger partial charge in [0, 0.05) is 17.8 Å². The molecule has 120 valence electrons. The van der Waals surface area contributed by atoms with E-state index in [0.717, 1.165) is 31.0 Å². The zero-order chi connectivity index (χ0) is 16.4. The van der Waals surface area contributed by atoms with Crippen LogP contribution >= 0.6 is 0 Å². The van der Waals surface area contributed by atoms with Crippen molar-refractivity contribution < 1.29 is 18.0 Å². The fourth-order valence-corrected chi connectivity index (χ4v) is 2.27. The summed E-state index contributed by atoms with van der Waals surface area (Å²) in [6, 6.07) is 7.64. The molecule has 0 aliphatic heterocycles. The molecule has 0 saturated heterocycles. The first kappa shape index (κ1) is 15.4. The van der Waals surface area contributed by atoms with Crippen LogP contribution in [0.15, 0.2) is 42.5 Å². The molecular formula is C17H15F3N2O. The minimum Gasteiger partial charge on any atom is -0.370 e. The van der Waals surface area contributed by atoms with E-state index < -0.39 is 23.5 Å². The van der Waals surface area contributed by atoms with Crippen LogP contribution in [-0.4, -0.2) is 11.9 Å². The summed E-state index contributed by atoms with van der Waals surface area (Å²) in [7, 11) is 0. The second kappa shape index (κ2) is 6.32. The molecule has 1 saturated carbocycles. The average Bonchev–Trinajstić information content (AvgIpc) is 3.29. The molecule has 3 rings (SSSR count). The van der Waals surface area contributed by atoms with Gasteiger partial charge in [-0.3, -0.25) is 4.79 Å². The predicted molar refractivity (Wildman–Crippen MR) is 80.3 cm³/mol. The predicted octanol–water partition coefficient (Wildman–Crippen LogP) is 3.54. The summed E-state index contributed by atoms with van der Waals surface area (Å²) in [6.45, 7) is 0. The molecule has 6 heteroatoms. The SMILES string of the molecule is O=C(NC1CC1)[C@H](Nc1cc(F)cc(F)c1)c1ccc(F)cc1. The molecule has 0 heterocycles. The highest BCUT2D eigenvalue weighted by Gasteiger charge is 2.28. The Morgan fingerprint density at radius 2 is 1.57 bits per heavy atom. The first-order valence-corrected chi connectivity index (χ1v) is 7.30. The Balaban J connectivity index is 1.87. The van der Waals surface area contributed by atoms with Gasteiger partial charge in [-0.2, -0.15) is 0 Å². The van der Waals surface area contributed by atoms with Crippen molar-refractivity contribution in [3.63, 3.8) is 0 Å². The highest BCUT2D eigenvalue weighted by Crippen LogP contribution is 2.25. The molecular weight excluding hydrogens is 305 g/mol. The van der Waals surface area contributed by atoms with Gasteiger partial charge in [0.05, 0.1) is 0 Å². The van der Waals surface area contributed by atoms with Crippen molar-refractivity contribution in [3.05, 3.63) is 65.5 Å². The second-order valence-corrected chi connectivity index (χ2v) is 5.57. The maximum Gasteiger partial charge on any atom is 0.247 e. The first-order chi connectivity index (χ1) is 11.0. The number of hydrogen-bond acceptors (Lipinski definition) is 2. The molecule has 2 aromatic rings. The summed E-state index contributed by atoms with van der Waals surface area (Å²) in [4.78, 5) is 12.4. The van der Waals surface area contributed by atoms with Crippen molar-refractivity contribution in [1.82, 2.24) is 5.32 Å². The number of halogens is 3. The molecule has 0 spiro atoms. The van der Waals surface area contributed by atoms with Crippen LogP contribution in [0.3, 0.4) is 0 Å². The Morgan fingerprint density at radius 1 is 0.957 bits per heavy atom. The van der Waals surface area contributed by atoms with Crippen molar-refractivity contribution >= 4 is 11.6 Å². The first-order valence-electron chi connectivity index (χ1n) is 7.30. The molecule has 2 aromatic carbocycles. The van der Waals surface area contributed by atoms with Gasteiger partial charge in [0.15, 0.2) is 0 Å². The fourth-order valence-electron chi connectivity index (χ4n) is 2.27. The van der Waals surface area contributed by atoms with Gasteiger partial charge in [0.1, 0.15) is 23.5 Å². The number of anilines is 1. The number of carbonyl (C=O) groups is 1. The van der Waals surface area contributed by atoms with Crippen LogP contribution in [0.25, 0.3) is 0 Å². The van der Waals surface area contributed by atoms with Crippen molar-refractivity contribution in [2.24, 2.45) is 0 Å². The Labute approximate surface area is 131 Å². The third kappa shape index (κ3) is 4.03. The molecule has 23 heavy (non-hydrogen) atoms. The molecule has 1 aliphatic rings. The smallest absolute Gasteiger partial charge is 0.247 e. The summed E-state index contributed by atoms with van der Waals surface area (Å²) in [5.41, 5.74) is 0.650. The second-order valence-electron chi connectivity index (χ2n) is 5.57. The topological polar surface area (TPSA) is 41.1 Å². The van der Waals surface area contributed by atoms with Crippen LogP contribution in [0, 0.1) is 17.5 Å². The zero-order valence-electron chi connectivity index (χ0n) is 12.2. The van der Waals surface area contributed by atoms with Gasteiger partial charge in [-0.05, 0) is 42.7 Å². The number of benzene rings is 2. The van der Waals surface area contributed by atoms with Crippen LogP contribution < -0.4 is 10.6 Å². The molecule has 3 nitrogen and oxygen atoms in total. The lowest BCUT2D eigenvalue weighted by Crippen LogP contribution is -2.34. The standard InChI is InChI=1S/C17H15F3N2O/c18-11-3-1-10(2-4-11)16(17(23)22-14-5-6-14)21-15-8-12(19)7-13(20)9-15/h1-4,7-9,14,16,21H,5-6H2,(H,22,23)/t16-/m1/s1. The minimum atomic E-state index is -0.864. The summed E-state index contributed by atoms with van der Waals surface area (Å²) in [6.07, 6.45) is 1.83. The number of amides is 1. The fraction of sp³-hybridized carbons (Fsp3) is 0.235.